The first-order chi connectivity index (χ1) is 9.27. The molecule has 2 rings (SSSR count). The van der Waals surface area contributed by atoms with E-state index in [1.807, 2.05) is 0 Å². The molecular formula is C20H38. The van der Waals surface area contributed by atoms with Gasteiger partial charge in [0.25, 0.3) is 0 Å². The summed E-state index contributed by atoms with van der Waals surface area (Å²) in [6.45, 7) is 20.0. The van der Waals surface area contributed by atoms with Crippen molar-refractivity contribution in [3.8, 4) is 0 Å². The van der Waals surface area contributed by atoms with Crippen molar-refractivity contribution in [1.82, 2.24) is 0 Å². The summed E-state index contributed by atoms with van der Waals surface area (Å²) in [5, 5.41) is 0. The quantitative estimate of drug-likeness (QED) is 0.584. The van der Waals surface area contributed by atoms with Crippen molar-refractivity contribution < 1.29 is 0 Å². The summed E-state index contributed by atoms with van der Waals surface area (Å²) in [5.41, 5.74) is 0. The molecule has 118 valence electrons. The van der Waals surface area contributed by atoms with Crippen LogP contribution in [-0.4, -0.2) is 0 Å². The van der Waals surface area contributed by atoms with Gasteiger partial charge >= 0.3 is 0 Å². The summed E-state index contributed by atoms with van der Waals surface area (Å²) < 4.78 is 0. The molecule has 2 aliphatic carbocycles. The Labute approximate surface area is 128 Å². The molecule has 0 nitrogen and oxygen atoms in total. The summed E-state index contributed by atoms with van der Waals surface area (Å²) in [4.78, 5) is 0. The van der Waals surface area contributed by atoms with Crippen LogP contribution in [0.5, 0.6) is 0 Å². The molecule has 8 atom stereocenters. The lowest BCUT2D eigenvalue weighted by Crippen LogP contribution is -2.18. The van der Waals surface area contributed by atoms with Crippen LogP contribution in [0.25, 0.3) is 0 Å². The van der Waals surface area contributed by atoms with Crippen LogP contribution in [0.2, 0.25) is 0 Å². The minimum absolute atomic E-state index is 0.922. The minimum Gasteiger partial charge on any atom is -0.0620 e. The summed E-state index contributed by atoms with van der Waals surface area (Å²) in [6, 6.07) is 0. The third-order valence-corrected chi connectivity index (χ3v) is 8.51. The molecule has 0 N–H and O–H groups in total. The van der Waals surface area contributed by atoms with Gasteiger partial charge in [-0.1, -0.05) is 55.4 Å². The third kappa shape index (κ3) is 2.57. The lowest BCUT2D eigenvalue weighted by atomic mass is 9.79. The molecule has 0 radical (unpaired) electrons. The molecule has 0 spiro atoms. The standard InChI is InChI=1S/C20H38/c1-11-12(2)16(6)19(15(11)5)9-10-20-17(7)13(3)14(4)18(20)8/h11-20H,9-10H2,1-8H3. The van der Waals surface area contributed by atoms with Gasteiger partial charge in [0, 0.05) is 0 Å². The highest BCUT2D eigenvalue weighted by Crippen LogP contribution is 2.51. The van der Waals surface area contributed by atoms with Gasteiger partial charge in [-0.05, 0) is 72.0 Å². The Hall–Kier alpha value is 0. The Morgan fingerprint density at radius 3 is 0.750 bits per heavy atom. The molecule has 0 aromatic rings. The summed E-state index contributed by atoms with van der Waals surface area (Å²) >= 11 is 0. The maximum atomic E-state index is 2.52. The van der Waals surface area contributed by atoms with Gasteiger partial charge in [0.1, 0.15) is 0 Å². The summed E-state index contributed by atoms with van der Waals surface area (Å²) in [5.74, 6) is 9.37. The molecule has 0 amide bonds. The van der Waals surface area contributed by atoms with E-state index >= 15 is 0 Å². The fraction of sp³-hybridized carbons (Fsp3) is 1.00. The van der Waals surface area contributed by atoms with Crippen molar-refractivity contribution in [2.24, 2.45) is 59.2 Å². The van der Waals surface area contributed by atoms with Gasteiger partial charge in [0.15, 0.2) is 0 Å². The van der Waals surface area contributed by atoms with Crippen molar-refractivity contribution in [2.45, 2.75) is 68.2 Å². The van der Waals surface area contributed by atoms with E-state index < -0.39 is 0 Å². The van der Waals surface area contributed by atoms with Crippen LogP contribution >= 0.6 is 0 Å². The molecule has 2 fully saturated rings. The van der Waals surface area contributed by atoms with E-state index in [2.05, 4.69) is 55.4 Å². The first-order valence-corrected chi connectivity index (χ1v) is 9.27. The van der Waals surface area contributed by atoms with Crippen LogP contribution in [0.3, 0.4) is 0 Å². The van der Waals surface area contributed by atoms with E-state index in [1.165, 1.54) is 12.8 Å². The van der Waals surface area contributed by atoms with Gasteiger partial charge in [0.05, 0.1) is 0 Å². The Kier molecular flexibility index (Phi) is 4.92. The van der Waals surface area contributed by atoms with E-state index in [9.17, 15) is 0 Å². The SMILES string of the molecule is CC1C(C)C(C)C(CCC2C(C)C(C)C(C)C2C)C1C. The molecule has 20 heavy (non-hydrogen) atoms. The highest BCUT2D eigenvalue weighted by atomic mass is 14.5. The average Bonchev–Trinajstić information content (AvgIpc) is 2.72. The fourth-order valence-corrected chi connectivity index (χ4v) is 5.87. The molecule has 0 aromatic heterocycles. The smallest absolute Gasteiger partial charge is 0.0357 e. The van der Waals surface area contributed by atoms with Crippen molar-refractivity contribution in [2.75, 3.05) is 0 Å². The Balaban J connectivity index is 1.96. The van der Waals surface area contributed by atoms with E-state index in [4.69, 9.17) is 0 Å². The van der Waals surface area contributed by atoms with Crippen molar-refractivity contribution in [1.29, 1.82) is 0 Å². The zero-order valence-electron chi connectivity index (χ0n) is 15.2. The second-order valence-corrected chi connectivity index (χ2v) is 8.78. The Morgan fingerprint density at radius 1 is 0.350 bits per heavy atom. The molecule has 8 unspecified atom stereocenters. The number of rotatable bonds is 3. The second kappa shape index (κ2) is 6.01. The van der Waals surface area contributed by atoms with Crippen molar-refractivity contribution in [3.63, 3.8) is 0 Å². The van der Waals surface area contributed by atoms with Gasteiger partial charge in [-0.25, -0.2) is 0 Å². The van der Waals surface area contributed by atoms with E-state index in [-0.39, 0.29) is 0 Å². The molecule has 0 saturated heterocycles. The van der Waals surface area contributed by atoms with Crippen LogP contribution in [0.1, 0.15) is 68.2 Å². The zero-order chi connectivity index (χ0) is 15.2. The van der Waals surface area contributed by atoms with Crippen LogP contribution < -0.4 is 0 Å². The molecule has 0 heterocycles. The second-order valence-electron chi connectivity index (χ2n) is 8.78. The third-order valence-electron chi connectivity index (χ3n) is 8.51. The predicted molar refractivity (Wildman–Crippen MR) is 89.5 cm³/mol. The largest absolute Gasteiger partial charge is 0.0620 e. The first kappa shape index (κ1) is 16.4. The van der Waals surface area contributed by atoms with Crippen LogP contribution in [0, 0.1) is 59.2 Å². The lowest BCUT2D eigenvalue weighted by molar-refractivity contribution is 0.228. The predicted octanol–water partition coefficient (Wildman–Crippen LogP) is 6.12. The zero-order valence-corrected chi connectivity index (χ0v) is 15.2. The van der Waals surface area contributed by atoms with Crippen LogP contribution in [-0.2, 0) is 0 Å². The summed E-state index contributed by atoms with van der Waals surface area (Å²) in [7, 11) is 0. The molecule has 0 aliphatic heterocycles. The topological polar surface area (TPSA) is 0 Å². The molecule has 2 aliphatic rings. The van der Waals surface area contributed by atoms with E-state index in [1.54, 1.807) is 0 Å². The molecule has 0 bridgehead atoms. The van der Waals surface area contributed by atoms with E-state index in [0.717, 1.165) is 59.2 Å². The Bertz CT molecular complexity index is 260. The van der Waals surface area contributed by atoms with E-state index in [0.29, 0.717) is 0 Å². The molecular weight excluding hydrogens is 240 g/mol. The van der Waals surface area contributed by atoms with Crippen molar-refractivity contribution >= 4 is 0 Å². The fourth-order valence-electron chi connectivity index (χ4n) is 5.87. The maximum absolute atomic E-state index is 2.52. The molecule has 0 aromatic carbocycles. The van der Waals surface area contributed by atoms with Crippen molar-refractivity contribution in [3.05, 3.63) is 0 Å². The van der Waals surface area contributed by atoms with Gasteiger partial charge in [-0.15, -0.1) is 0 Å². The van der Waals surface area contributed by atoms with Crippen LogP contribution in [0.15, 0.2) is 0 Å². The van der Waals surface area contributed by atoms with Gasteiger partial charge in [-0.2, -0.15) is 0 Å². The Morgan fingerprint density at radius 2 is 0.550 bits per heavy atom. The number of hydrogen-bond donors (Lipinski definition) is 0. The monoisotopic (exact) mass is 278 g/mol. The summed E-state index contributed by atoms with van der Waals surface area (Å²) in [6.07, 6.45) is 2.96. The van der Waals surface area contributed by atoms with Gasteiger partial charge in [0.2, 0.25) is 0 Å². The normalized spacial score (nSPS) is 56.4. The lowest BCUT2D eigenvalue weighted by Gasteiger charge is -2.27. The maximum Gasteiger partial charge on any atom is -0.0357 e. The average molecular weight is 279 g/mol. The van der Waals surface area contributed by atoms with Gasteiger partial charge in [-0.3, -0.25) is 0 Å². The molecule has 0 heteroatoms. The highest BCUT2D eigenvalue weighted by Gasteiger charge is 2.44. The number of hydrogen-bond acceptors (Lipinski definition) is 0. The minimum atomic E-state index is 0.922. The molecule has 2 saturated carbocycles. The van der Waals surface area contributed by atoms with Gasteiger partial charge < -0.3 is 0 Å². The van der Waals surface area contributed by atoms with Crippen LogP contribution in [0.4, 0.5) is 0 Å². The highest BCUT2D eigenvalue weighted by molar-refractivity contribution is 4.93. The first-order valence-electron chi connectivity index (χ1n) is 9.27.